The number of amides is 3. The number of piperidine rings is 2. The zero-order chi connectivity index (χ0) is 57.6. The predicted octanol–water partition coefficient (Wildman–Crippen LogP) is 10.7. The van der Waals surface area contributed by atoms with Crippen LogP contribution in [0.25, 0.3) is 0 Å². The van der Waals surface area contributed by atoms with Gasteiger partial charge in [-0.3, -0.25) is 39.5 Å². The molecule has 20 nitrogen and oxygen atoms in total. The molecule has 0 saturated carbocycles. The Hall–Kier alpha value is -8.66. The van der Waals surface area contributed by atoms with E-state index in [4.69, 9.17) is 58.4 Å². The number of halogens is 2. The summed E-state index contributed by atoms with van der Waals surface area (Å²) in [4.78, 5) is 70.6. The maximum Gasteiger partial charge on any atom is 0.519 e. The largest absolute Gasteiger partial charge is 0.519 e. The van der Waals surface area contributed by atoms with E-state index < -0.39 is 29.0 Å². The molecule has 4 aliphatic heterocycles. The zero-order valence-electron chi connectivity index (χ0n) is 44.5. The molecule has 4 aliphatic rings. The third kappa shape index (κ3) is 16.3. The molecule has 82 heavy (non-hydrogen) atoms. The topological polar surface area (TPSA) is 257 Å². The Morgan fingerprint density at radius 3 is 1.45 bits per heavy atom. The Labute approximate surface area is 482 Å². The molecule has 3 amide bonds. The molecule has 2 spiro atoms. The second-order valence-electron chi connectivity index (χ2n) is 20.6. The van der Waals surface area contributed by atoms with Crippen LogP contribution in [0.1, 0.15) is 57.5 Å². The minimum Gasteiger partial charge on any atom is -0.457 e. The lowest BCUT2D eigenvalue weighted by Gasteiger charge is -2.54. The Morgan fingerprint density at radius 2 is 0.988 bits per heavy atom. The number of carbonyl (C=O) groups excluding carboxylic acids is 4. The van der Waals surface area contributed by atoms with Crippen LogP contribution in [0.5, 0.6) is 40.2 Å². The zero-order valence-corrected chi connectivity index (χ0v) is 46.0. The lowest BCUT2D eigenvalue weighted by molar-refractivity contribution is -0.384. The Kier molecular flexibility index (Phi) is 18.9. The molecule has 11 rings (SSSR count). The van der Waals surface area contributed by atoms with Crippen molar-refractivity contribution in [3.05, 3.63) is 201 Å². The van der Waals surface area contributed by atoms with Gasteiger partial charge in [0.15, 0.2) is 11.5 Å². The molecule has 0 bridgehead atoms. The maximum absolute atomic E-state index is 12.6. The van der Waals surface area contributed by atoms with Crippen LogP contribution < -0.4 is 40.5 Å². The predicted molar refractivity (Wildman–Crippen MR) is 306 cm³/mol. The monoisotopic (exact) mass is 1150 g/mol. The first kappa shape index (κ1) is 58.0. The van der Waals surface area contributed by atoms with Gasteiger partial charge in [-0.05, 0) is 158 Å². The summed E-state index contributed by atoms with van der Waals surface area (Å²) in [6.07, 6.45) is 8.15. The number of hydrogen-bond acceptors (Lipinski definition) is 16. The Balaban J connectivity index is 0.000000155. The summed E-state index contributed by atoms with van der Waals surface area (Å²) in [6, 6.07) is 38.8. The number of primary amides is 2. The van der Waals surface area contributed by atoms with Gasteiger partial charge in [-0.2, -0.15) is 0 Å². The van der Waals surface area contributed by atoms with E-state index in [2.05, 4.69) is 55.4 Å². The number of carbonyl (C=O) groups is 4. The molecule has 0 aliphatic carbocycles. The quantitative estimate of drug-likeness (QED) is 0.0396. The van der Waals surface area contributed by atoms with Crippen molar-refractivity contribution in [1.29, 1.82) is 0 Å². The summed E-state index contributed by atoms with van der Waals surface area (Å²) in [7, 11) is 0. The molecule has 7 aromatic rings. The maximum atomic E-state index is 12.6. The first-order chi connectivity index (χ1) is 39.5. The van der Waals surface area contributed by atoms with Crippen molar-refractivity contribution in [2.45, 2.75) is 38.8 Å². The van der Waals surface area contributed by atoms with E-state index in [1.54, 1.807) is 4.90 Å². The highest BCUT2D eigenvalue weighted by molar-refractivity contribution is 6.30. The molecule has 5 aromatic carbocycles. The summed E-state index contributed by atoms with van der Waals surface area (Å²) in [5.74, 6) is 2.17. The molecule has 5 N–H and O–H groups in total. The number of hydrogen-bond donors (Lipinski definition) is 3. The van der Waals surface area contributed by atoms with Gasteiger partial charge in [-0.15, -0.1) is 0 Å². The van der Waals surface area contributed by atoms with Crippen molar-refractivity contribution in [3.8, 4) is 40.2 Å². The SMILES string of the molecule is Clc1ccc(Oc2cccc(CN3CC4(CCNCC4)C3)c2)cc1.NC(=O)c1cncc(OC(=O)N2CCC3(CC2)CN(Cc2cccc(Oc4ccc(Cl)cc4)c2)C3)c1.NC(=O)c1cncc(OC(=O)Oc2ccc([N+](=O)[O-])cc2)c1. The highest BCUT2D eigenvalue weighted by Crippen LogP contribution is 2.42. The van der Waals surface area contributed by atoms with Crippen molar-refractivity contribution in [1.82, 2.24) is 30.0 Å². The average Bonchev–Trinajstić information content (AvgIpc) is 3.32. The Bertz CT molecular complexity index is 3360. The average molecular weight is 1150 g/mol. The van der Waals surface area contributed by atoms with Gasteiger partial charge in [0.05, 0.1) is 28.4 Å². The summed E-state index contributed by atoms with van der Waals surface area (Å²) in [6.45, 7) is 9.97. The van der Waals surface area contributed by atoms with Crippen LogP contribution in [0.4, 0.5) is 15.3 Å². The van der Waals surface area contributed by atoms with Gasteiger partial charge >= 0.3 is 12.2 Å². The van der Waals surface area contributed by atoms with Crippen LogP contribution in [-0.2, 0) is 13.1 Å². The van der Waals surface area contributed by atoms with Crippen LogP contribution >= 0.6 is 23.2 Å². The Morgan fingerprint density at radius 1 is 0.549 bits per heavy atom. The lowest BCUT2D eigenvalue weighted by Crippen LogP contribution is -2.60. The number of ether oxygens (including phenoxy) is 5. The first-order valence-corrected chi connectivity index (χ1v) is 27.1. The summed E-state index contributed by atoms with van der Waals surface area (Å²) < 4.78 is 26.9. The number of nitrogens with one attached hydrogen (secondary N) is 1. The third-order valence-electron chi connectivity index (χ3n) is 14.3. The van der Waals surface area contributed by atoms with Crippen molar-refractivity contribution < 1.29 is 47.8 Å². The highest BCUT2D eigenvalue weighted by atomic mass is 35.5. The molecule has 4 fully saturated rings. The number of pyridine rings is 2. The van der Waals surface area contributed by atoms with E-state index in [1.165, 1.54) is 111 Å². The fourth-order valence-corrected chi connectivity index (χ4v) is 10.5. The van der Waals surface area contributed by atoms with Gasteiger partial charge in [-0.25, -0.2) is 9.59 Å². The second-order valence-corrected chi connectivity index (χ2v) is 21.4. The van der Waals surface area contributed by atoms with Crippen molar-refractivity contribution in [2.24, 2.45) is 22.3 Å². The van der Waals surface area contributed by atoms with Gasteiger partial charge in [-0.1, -0.05) is 47.5 Å². The number of nitro benzene ring substituents is 1. The van der Waals surface area contributed by atoms with Gasteiger partial charge in [0, 0.05) is 86.9 Å². The van der Waals surface area contributed by atoms with E-state index >= 15 is 0 Å². The van der Waals surface area contributed by atoms with Crippen LogP contribution in [0.15, 0.2) is 158 Å². The minimum atomic E-state index is -1.09. The molecular weight excluding hydrogens is 1090 g/mol. The summed E-state index contributed by atoms with van der Waals surface area (Å²) >= 11 is 11.9. The minimum absolute atomic E-state index is 0.0248. The molecule has 22 heteroatoms. The number of aromatic nitrogens is 2. The third-order valence-corrected chi connectivity index (χ3v) is 14.8. The molecule has 0 unspecified atom stereocenters. The number of rotatable bonds is 14. The van der Waals surface area contributed by atoms with Crippen molar-refractivity contribution >= 4 is 53.0 Å². The number of non-ortho nitro benzene ring substituents is 1. The molecule has 4 saturated heterocycles. The van der Waals surface area contributed by atoms with Gasteiger partial charge in [0.25, 0.3) is 5.69 Å². The van der Waals surface area contributed by atoms with Gasteiger partial charge in [0.1, 0.15) is 28.7 Å². The van der Waals surface area contributed by atoms with Crippen molar-refractivity contribution in [3.63, 3.8) is 0 Å². The molecular formula is C60H59Cl2N9O11. The van der Waals surface area contributed by atoms with E-state index in [-0.39, 0.29) is 39.5 Å². The molecule has 424 valence electrons. The van der Waals surface area contributed by atoms with Crippen LogP contribution in [-0.4, -0.2) is 106 Å². The fourth-order valence-electron chi connectivity index (χ4n) is 10.2. The van der Waals surface area contributed by atoms with Gasteiger partial charge in [0.2, 0.25) is 11.8 Å². The van der Waals surface area contributed by atoms with Crippen LogP contribution in [0.2, 0.25) is 10.0 Å². The van der Waals surface area contributed by atoms with Gasteiger partial charge < -0.3 is 45.4 Å². The van der Waals surface area contributed by atoms with E-state index in [1.807, 2.05) is 66.7 Å². The molecule has 0 atom stereocenters. The van der Waals surface area contributed by atoms with E-state index in [0.29, 0.717) is 23.5 Å². The van der Waals surface area contributed by atoms with Crippen LogP contribution in [0, 0.1) is 20.9 Å². The normalized spacial score (nSPS) is 15.9. The number of likely N-dealkylation sites (tertiary alicyclic amines) is 3. The van der Waals surface area contributed by atoms with E-state index in [9.17, 15) is 29.3 Å². The van der Waals surface area contributed by atoms with E-state index in [0.717, 1.165) is 67.0 Å². The number of nitrogens with two attached hydrogens (primary N) is 2. The molecule has 2 aromatic heterocycles. The second kappa shape index (κ2) is 26.7. The highest BCUT2D eigenvalue weighted by Gasteiger charge is 2.46. The smallest absolute Gasteiger partial charge is 0.457 e. The summed E-state index contributed by atoms with van der Waals surface area (Å²) in [5.41, 5.74) is 13.8. The summed E-state index contributed by atoms with van der Waals surface area (Å²) in [5, 5.41) is 15.4. The number of nitrogens with zero attached hydrogens (tertiary/aromatic N) is 6. The fraction of sp³-hybridized carbons (Fsp3) is 0.267. The molecule has 6 heterocycles. The number of nitro groups is 1. The van der Waals surface area contributed by atoms with Crippen molar-refractivity contribution in [2.75, 3.05) is 52.4 Å². The number of benzene rings is 5. The molecule has 0 radical (unpaired) electrons. The standard InChI is InChI=1S/C27H27ClN4O4.C20H23ClN2O.C13H9N3O6/c28-21-4-6-22(7-5-21)35-23-3-1-2-19(12-23)16-31-17-27(18-31)8-10-32(11-9-27)26(34)36-24-13-20(25(29)33)14-30-15-24;21-17-4-6-18(7-5-17)24-19-3-1-2-16(12-19)13-23-14-20(15-23)8-10-22-11-9-20;14-12(17)8-5-11(7-15-6-8)22-13(18)21-10-3-1-9(2-4-10)16(19)20/h1-7,12-15H,8-11,16-18H2,(H2,29,33);1-7,12,22H,8-11,13-15H2;1-7H,(H2,14,17). The van der Waals surface area contributed by atoms with Crippen LogP contribution in [0.3, 0.4) is 0 Å². The lowest BCUT2D eigenvalue weighted by atomic mass is 9.72. The first-order valence-electron chi connectivity index (χ1n) is 26.3.